The molecule has 0 saturated carbocycles. The van der Waals surface area contributed by atoms with Gasteiger partial charge in [-0.3, -0.25) is 0 Å². The normalized spacial score (nSPS) is 17.5. The Bertz CT molecular complexity index is 1130. The first kappa shape index (κ1) is 19.6. The van der Waals surface area contributed by atoms with Gasteiger partial charge in [-0.2, -0.15) is 5.10 Å². The van der Waals surface area contributed by atoms with Crippen molar-refractivity contribution in [1.82, 2.24) is 24.3 Å². The number of hydrogen-bond donors (Lipinski definition) is 1. The van der Waals surface area contributed by atoms with Crippen molar-refractivity contribution in [2.24, 2.45) is 5.92 Å². The molecule has 0 bridgehead atoms. The van der Waals surface area contributed by atoms with E-state index in [0.717, 1.165) is 30.6 Å². The number of pyridine rings is 1. The largest absolute Gasteiger partial charge is 0.356 e. The number of nitrogens with one attached hydrogen (secondary N) is 1. The van der Waals surface area contributed by atoms with Gasteiger partial charge in [-0.25, -0.2) is 36.4 Å². The maximum Gasteiger partial charge on any atom is 0.282 e. The van der Waals surface area contributed by atoms with Crippen molar-refractivity contribution in [3.8, 4) is 11.3 Å². The zero-order valence-electron chi connectivity index (χ0n) is 15.7. The van der Waals surface area contributed by atoms with Crippen LogP contribution in [-0.4, -0.2) is 53.9 Å². The molecular formula is C18H20F2N6O2S. The molecule has 29 heavy (non-hydrogen) atoms. The Labute approximate surface area is 166 Å². The quantitative estimate of drug-likeness (QED) is 0.654. The van der Waals surface area contributed by atoms with Gasteiger partial charge in [0, 0.05) is 31.4 Å². The monoisotopic (exact) mass is 422 g/mol. The summed E-state index contributed by atoms with van der Waals surface area (Å²) in [6.45, 7) is 1.83. The summed E-state index contributed by atoms with van der Waals surface area (Å²) < 4.78 is 52.6. The second kappa shape index (κ2) is 7.64. The summed E-state index contributed by atoms with van der Waals surface area (Å²) in [6, 6.07) is 6.43. The van der Waals surface area contributed by atoms with Gasteiger partial charge in [-0.05, 0) is 36.6 Å². The van der Waals surface area contributed by atoms with Crippen LogP contribution in [0.4, 0.5) is 14.6 Å². The second-order valence-electron chi connectivity index (χ2n) is 7.10. The third-order valence-electron chi connectivity index (χ3n) is 4.89. The number of anilines is 1. The summed E-state index contributed by atoms with van der Waals surface area (Å²) in [7, 11) is -3.21. The predicted molar refractivity (Wildman–Crippen MR) is 104 cm³/mol. The second-order valence-corrected chi connectivity index (χ2v) is 8.93. The molecule has 1 N–H and O–H groups in total. The molecule has 11 heteroatoms. The molecule has 4 rings (SSSR count). The minimum atomic E-state index is -3.21. The van der Waals surface area contributed by atoms with E-state index in [-0.39, 0.29) is 11.6 Å². The number of fused-ring (bicyclic) bond motifs is 1. The fourth-order valence-corrected chi connectivity index (χ4v) is 3.97. The van der Waals surface area contributed by atoms with Crippen molar-refractivity contribution >= 4 is 21.5 Å². The molecule has 4 heterocycles. The SMILES string of the molecule is CS(=O)(=O)NCC1CCN(c2cc(-c3cnc4ccc(C(F)F)nn34)ccn2)C1. The van der Waals surface area contributed by atoms with Crippen LogP contribution in [0.15, 0.2) is 36.7 Å². The molecule has 0 amide bonds. The van der Waals surface area contributed by atoms with E-state index in [0.29, 0.717) is 24.4 Å². The van der Waals surface area contributed by atoms with Crippen LogP contribution in [0.5, 0.6) is 0 Å². The Hall–Kier alpha value is -2.66. The lowest BCUT2D eigenvalue weighted by atomic mass is 10.1. The third-order valence-corrected chi connectivity index (χ3v) is 5.58. The highest BCUT2D eigenvalue weighted by atomic mass is 32.2. The lowest BCUT2D eigenvalue weighted by molar-refractivity contribution is 0.144. The van der Waals surface area contributed by atoms with Crippen LogP contribution in [-0.2, 0) is 10.0 Å². The lowest BCUT2D eigenvalue weighted by Gasteiger charge is -2.18. The van der Waals surface area contributed by atoms with Gasteiger partial charge in [0.15, 0.2) is 5.65 Å². The maximum atomic E-state index is 13.0. The van der Waals surface area contributed by atoms with Crippen LogP contribution >= 0.6 is 0 Å². The van der Waals surface area contributed by atoms with Crippen molar-refractivity contribution < 1.29 is 17.2 Å². The molecule has 8 nitrogen and oxygen atoms in total. The first-order valence-electron chi connectivity index (χ1n) is 9.09. The number of imidazole rings is 1. The molecule has 0 spiro atoms. The topological polar surface area (TPSA) is 92.5 Å². The van der Waals surface area contributed by atoms with Crippen molar-refractivity contribution in [3.05, 3.63) is 42.4 Å². The lowest BCUT2D eigenvalue weighted by Crippen LogP contribution is -2.30. The number of hydrogen-bond acceptors (Lipinski definition) is 6. The van der Waals surface area contributed by atoms with Crippen LogP contribution in [0.25, 0.3) is 16.9 Å². The van der Waals surface area contributed by atoms with Crippen molar-refractivity contribution in [2.45, 2.75) is 12.8 Å². The van der Waals surface area contributed by atoms with Gasteiger partial charge in [0.25, 0.3) is 6.43 Å². The molecule has 1 aliphatic heterocycles. The Kier molecular flexibility index (Phi) is 5.17. The molecule has 1 unspecified atom stereocenters. The molecule has 0 radical (unpaired) electrons. The van der Waals surface area contributed by atoms with Crippen LogP contribution < -0.4 is 9.62 Å². The van der Waals surface area contributed by atoms with E-state index in [9.17, 15) is 17.2 Å². The van der Waals surface area contributed by atoms with E-state index < -0.39 is 16.4 Å². The zero-order valence-corrected chi connectivity index (χ0v) is 16.5. The van der Waals surface area contributed by atoms with E-state index in [4.69, 9.17) is 0 Å². The average Bonchev–Trinajstić information content (AvgIpc) is 3.32. The third kappa shape index (κ3) is 4.35. The molecule has 0 aromatic carbocycles. The van der Waals surface area contributed by atoms with Gasteiger partial charge in [-0.15, -0.1) is 0 Å². The fourth-order valence-electron chi connectivity index (χ4n) is 3.43. The molecule has 3 aromatic rings. The molecule has 1 aliphatic rings. The van der Waals surface area contributed by atoms with Gasteiger partial charge in [0.05, 0.1) is 18.1 Å². The van der Waals surface area contributed by atoms with Crippen LogP contribution in [0, 0.1) is 5.92 Å². The minimum absolute atomic E-state index is 0.196. The first-order valence-corrected chi connectivity index (χ1v) is 11.0. The summed E-state index contributed by atoms with van der Waals surface area (Å²) in [5.74, 6) is 0.936. The summed E-state index contributed by atoms with van der Waals surface area (Å²) >= 11 is 0. The van der Waals surface area contributed by atoms with Crippen molar-refractivity contribution in [2.75, 3.05) is 30.8 Å². The minimum Gasteiger partial charge on any atom is -0.356 e. The Morgan fingerprint density at radius 1 is 1.28 bits per heavy atom. The Balaban J connectivity index is 1.57. The van der Waals surface area contributed by atoms with Crippen molar-refractivity contribution in [1.29, 1.82) is 0 Å². The number of aromatic nitrogens is 4. The number of rotatable bonds is 6. The average molecular weight is 422 g/mol. The van der Waals surface area contributed by atoms with Gasteiger partial charge in [0.2, 0.25) is 10.0 Å². The highest BCUT2D eigenvalue weighted by molar-refractivity contribution is 7.88. The van der Waals surface area contributed by atoms with E-state index in [1.54, 1.807) is 18.5 Å². The van der Waals surface area contributed by atoms with Gasteiger partial charge >= 0.3 is 0 Å². The Morgan fingerprint density at radius 2 is 2.10 bits per heavy atom. The summed E-state index contributed by atoms with van der Waals surface area (Å²) in [5.41, 5.74) is 1.53. The summed E-state index contributed by atoms with van der Waals surface area (Å²) in [6.07, 6.45) is 2.59. The number of halogens is 2. The number of alkyl halides is 2. The number of sulfonamides is 1. The molecule has 3 aromatic heterocycles. The highest BCUT2D eigenvalue weighted by Crippen LogP contribution is 2.27. The van der Waals surface area contributed by atoms with Crippen LogP contribution in [0.3, 0.4) is 0 Å². The first-order chi connectivity index (χ1) is 13.8. The van der Waals surface area contributed by atoms with Crippen molar-refractivity contribution in [3.63, 3.8) is 0 Å². The fraction of sp³-hybridized carbons (Fsp3) is 0.389. The molecule has 154 valence electrons. The molecule has 1 atom stereocenters. The van der Waals surface area contributed by atoms with Crippen LogP contribution in [0.1, 0.15) is 18.5 Å². The highest BCUT2D eigenvalue weighted by Gasteiger charge is 2.24. The molecule has 0 aliphatic carbocycles. The van der Waals surface area contributed by atoms with Gasteiger partial charge in [-0.1, -0.05) is 0 Å². The van der Waals surface area contributed by atoms with E-state index in [1.165, 1.54) is 16.6 Å². The van der Waals surface area contributed by atoms with Crippen LogP contribution in [0.2, 0.25) is 0 Å². The van der Waals surface area contributed by atoms with Gasteiger partial charge < -0.3 is 4.90 Å². The van der Waals surface area contributed by atoms with E-state index in [2.05, 4.69) is 24.7 Å². The summed E-state index contributed by atoms with van der Waals surface area (Å²) in [4.78, 5) is 10.7. The molecule has 1 fully saturated rings. The molecule has 1 saturated heterocycles. The summed E-state index contributed by atoms with van der Waals surface area (Å²) in [5, 5.41) is 4.00. The Morgan fingerprint density at radius 3 is 2.86 bits per heavy atom. The standard InChI is InChI=1S/C18H20F2N6O2S/c1-29(27,28)23-9-12-5-7-25(11-12)17-8-13(4-6-21-17)15-10-22-16-3-2-14(18(19)20)24-26(15)16/h2-4,6,8,10,12,18,23H,5,7,9,11H2,1H3. The molecular weight excluding hydrogens is 402 g/mol. The zero-order chi connectivity index (χ0) is 20.6. The number of nitrogens with zero attached hydrogens (tertiary/aromatic N) is 5. The predicted octanol–water partition coefficient (Wildman–Crippen LogP) is 2.10. The van der Waals surface area contributed by atoms with E-state index in [1.807, 2.05) is 6.07 Å². The van der Waals surface area contributed by atoms with Gasteiger partial charge in [0.1, 0.15) is 11.5 Å². The van der Waals surface area contributed by atoms with E-state index >= 15 is 0 Å². The maximum absolute atomic E-state index is 13.0. The smallest absolute Gasteiger partial charge is 0.282 e.